The van der Waals surface area contributed by atoms with Crippen molar-refractivity contribution in [1.82, 2.24) is 9.88 Å². The number of rotatable bonds is 7. The second-order valence-electron chi connectivity index (χ2n) is 13.7. The van der Waals surface area contributed by atoms with Gasteiger partial charge in [0.1, 0.15) is 11.5 Å². The highest BCUT2D eigenvalue weighted by atomic mass is 35.5. The average Bonchev–Trinajstić information content (AvgIpc) is 3.58. The summed E-state index contributed by atoms with van der Waals surface area (Å²) < 4.78 is 13.5. The molecule has 5 nitrogen and oxygen atoms in total. The molecule has 9 rings (SSSR count). The molecule has 0 radical (unpaired) electrons. The number of benzene rings is 3. The molecule has 3 fully saturated rings. The van der Waals surface area contributed by atoms with E-state index in [0.717, 1.165) is 65.7 Å². The number of nitrogens with zero attached hydrogens (tertiary/aromatic N) is 1. The van der Waals surface area contributed by atoms with Gasteiger partial charge in [-0.1, -0.05) is 83.9 Å². The van der Waals surface area contributed by atoms with Gasteiger partial charge >= 0.3 is 0 Å². The molecule has 3 aromatic carbocycles. The van der Waals surface area contributed by atoms with Crippen LogP contribution in [-0.2, 0) is 28.6 Å². The van der Waals surface area contributed by atoms with Crippen LogP contribution in [0.15, 0.2) is 109 Å². The summed E-state index contributed by atoms with van der Waals surface area (Å²) in [5.41, 5.74) is 4.06. The maximum absolute atomic E-state index is 11.6. The van der Waals surface area contributed by atoms with E-state index in [0.29, 0.717) is 6.42 Å². The molecule has 4 aromatic rings. The fourth-order valence-electron chi connectivity index (χ4n) is 10.7. The number of H-pyrrole nitrogens is 1. The number of allylic oxidation sites excluding steroid dienone is 3. The van der Waals surface area contributed by atoms with Crippen LogP contribution in [0.3, 0.4) is 0 Å². The molecule has 3 unspecified atom stereocenters. The summed E-state index contributed by atoms with van der Waals surface area (Å²) in [4.78, 5) is 6.57. The number of aromatic nitrogens is 1. The maximum Gasteiger partial charge on any atom is 0.162 e. The number of likely N-dealkylation sites (tertiary alicyclic amines) is 1. The molecule has 3 heterocycles. The first-order chi connectivity index (χ1) is 22.5. The Bertz CT molecular complexity index is 1970. The third-order valence-electron chi connectivity index (χ3n) is 12.1. The molecule has 2 N–H and O–H groups in total. The molecule has 1 spiro atoms. The van der Waals surface area contributed by atoms with E-state index in [1.54, 1.807) is 0 Å². The first-order valence-electron chi connectivity index (χ1n) is 16.3. The number of halogens is 3. The number of aliphatic hydroxyl groups excluding tert-OH is 1. The van der Waals surface area contributed by atoms with Crippen LogP contribution < -0.4 is 4.74 Å². The molecule has 47 heavy (non-hydrogen) atoms. The third-order valence-corrected chi connectivity index (χ3v) is 12.6. The number of hydrogen-bond donors (Lipinski definition) is 2. The zero-order chi connectivity index (χ0) is 31.3. The summed E-state index contributed by atoms with van der Waals surface area (Å²) in [5, 5.41) is 13.6. The number of aliphatic hydroxyl groups is 1. The lowest BCUT2D eigenvalue weighted by Crippen LogP contribution is -2.76. The lowest BCUT2D eigenvalue weighted by atomic mass is 9.34. The van der Waals surface area contributed by atoms with Gasteiger partial charge in [0, 0.05) is 51.7 Å². The van der Waals surface area contributed by atoms with E-state index in [2.05, 4.69) is 77.1 Å². The van der Waals surface area contributed by atoms with E-state index in [4.69, 9.17) is 32.7 Å². The molecule has 1 saturated carbocycles. The SMILES string of the molecule is C=CCN1CC[C@@]23C4C5=C(O)C=CC4CC1[C@]2(c1cccc(OCCl)c1)Cc1c([nH]c2ccccc12)[C@]3(Cc1ccccc1Cl)O5.Cl. The van der Waals surface area contributed by atoms with Gasteiger partial charge in [0.15, 0.2) is 17.4 Å². The van der Waals surface area contributed by atoms with Crippen molar-refractivity contribution in [3.05, 3.63) is 137 Å². The van der Waals surface area contributed by atoms with Gasteiger partial charge < -0.3 is 19.6 Å². The molecule has 1 aromatic heterocycles. The first-order valence-corrected chi connectivity index (χ1v) is 17.2. The number of nitrogens with one attached hydrogen (secondary N) is 1. The van der Waals surface area contributed by atoms with E-state index in [9.17, 15) is 5.11 Å². The van der Waals surface area contributed by atoms with E-state index in [1.807, 2.05) is 30.4 Å². The summed E-state index contributed by atoms with van der Waals surface area (Å²) in [6.45, 7) is 5.89. The summed E-state index contributed by atoms with van der Waals surface area (Å²) in [6, 6.07) is 25.6. The Hall–Kier alpha value is -3.35. The Labute approximate surface area is 291 Å². The van der Waals surface area contributed by atoms with E-state index in [1.165, 1.54) is 16.5 Å². The van der Waals surface area contributed by atoms with Crippen molar-refractivity contribution in [1.29, 1.82) is 0 Å². The molecule has 6 atom stereocenters. The Morgan fingerprint density at radius 3 is 2.77 bits per heavy atom. The van der Waals surface area contributed by atoms with Crippen LogP contribution in [0.5, 0.6) is 5.75 Å². The highest BCUT2D eigenvalue weighted by molar-refractivity contribution is 6.31. The summed E-state index contributed by atoms with van der Waals surface area (Å²) in [7, 11) is 0. The fourth-order valence-corrected chi connectivity index (χ4v) is 11.1. The molecule has 242 valence electrons. The predicted molar refractivity (Wildman–Crippen MR) is 190 cm³/mol. The molecule has 5 aliphatic rings. The Kier molecular flexibility index (Phi) is 7.31. The van der Waals surface area contributed by atoms with Gasteiger partial charge in [0.05, 0.1) is 5.69 Å². The quantitative estimate of drug-likeness (QED) is 0.150. The zero-order valence-electron chi connectivity index (χ0n) is 25.9. The minimum atomic E-state index is -0.842. The van der Waals surface area contributed by atoms with Gasteiger partial charge in [0.2, 0.25) is 0 Å². The van der Waals surface area contributed by atoms with Crippen molar-refractivity contribution in [3.8, 4) is 5.75 Å². The van der Waals surface area contributed by atoms with Gasteiger partial charge in [-0.25, -0.2) is 0 Å². The summed E-state index contributed by atoms with van der Waals surface area (Å²) >= 11 is 13.1. The van der Waals surface area contributed by atoms with Crippen LogP contribution >= 0.6 is 35.6 Å². The number of piperidine rings is 1. The van der Waals surface area contributed by atoms with Crippen LogP contribution in [0.4, 0.5) is 0 Å². The number of alkyl halides is 1. The Morgan fingerprint density at radius 1 is 1.11 bits per heavy atom. The van der Waals surface area contributed by atoms with Crippen molar-refractivity contribution >= 4 is 46.5 Å². The molecular weight excluding hydrogens is 651 g/mol. The van der Waals surface area contributed by atoms with Crippen LogP contribution in [0.25, 0.3) is 10.9 Å². The highest BCUT2D eigenvalue weighted by Crippen LogP contribution is 2.79. The smallest absolute Gasteiger partial charge is 0.162 e. The molecule has 2 bridgehead atoms. The number of para-hydroxylation sites is 1. The van der Waals surface area contributed by atoms with E-state index < -0.39 is 16.4 Å². The molecular formula is C39H37Cl3N2O3. The van der Waals surface area contributed by atoms with E-state index in [-0.39, 0.29) is 42.1 Å². The summed E-state index contributed by atoms with van der Waals surface area (Å²) in [6.07, 6.45) is 9.36. The highest BCUT2D eigenvalue weighted by Gasteiger charge is 2.82. The second kappa shape index (κ2) is 11.1. The van der Waals surface area contributed by atoms with Crippen LogP contribution in [0.2, 0.25) is 5.02 Å². The Morgan fingerprint density at radius 2 is 1.94 bits per heavy atom. The molecule has 2 aliphatic heterocycles. The van der Waals surface area contributed by atoms with Crippen molar-refractivity contribution in [2.24, 2.45) is 17.3 Å². The largest absolute Gasteiger partial charge is 0.504 e. The molecule has 3 aliphatic carbocycles. The summed E-state index contributed by atoms with van der Waals surface area (Å²) in [5.74, 6) is 1.91. The fraction of sp³-hybridized carbons (Fsp3) is 0.333. The predicted octanol–water partition coefficient (Wildman–Crippen LogP) is 9.00. The number of hydrogen-bond acceptors (Lipinski definition) is 4. The van der Waals surface area contributed by atoms with Crippen molar-refractivity contribution < 1.29 is 14.6 Å². The minimum Gasteiger partial charge on any atom is -0.504 e. The van der Waals surface area contributed by atoms with Gasteiger partial charge in [-0.15, -0.1) is 19.0 Å². The normalized spacial score (nSPS) is 31.5. The van der Waals surface area contributed by atoms with Crippen molar-refractivity contribution in [3.63, 3.8) is 0 Å². The van der Waals surface area contributed by atoms with Gasteiger partial charge in [0.25, 0.3) is 0 Å². The van der Waals surface area contributed by atoms with Crippen LogP contribution in [0.1, 0.15) is 35.2 Å². The molecule has 0 amide bonds. The minimum absolute atomic E-state index is 0. The monoisotopic (exact) mass is 686 g/mol. The van der Waals surface area contributed by atoms with Crippen molar-refractivity contribution in [2.45, 2.75) is 42.7 Å². The first kappa shape index (κ1) is 31.0. The number of fused-ring (bicyclic) bond motifs is 4. The van der Waals surface area contributed by atoms with E-state index >= 15 is 0 Å². The van der Waals surface area contributed by atoms with Gasteiger partial charge in [-0.2, -0.15) is 0 Å². The molecule has 8 heteroatoms. The number of aromatic amines is 1. The Balaban J connectivity index is 0.00000324. The zero-order valence-corrected chi connectivity index (χ0v) is 28.3. The van der Waals surface area contributed by atoms with Crippen molar-refractivity contribution in [2.75, 3.05) is 19.2 Å². The molecule has 2 saturated heterocycles. The second-order valence-corrected chi connectivity index (χ2v) is 14.3. The van der Waals surface area contributed by atoms with Crippen LogP contribution in [-0.4, -0.2) is 40.2 Å². The maximum atomic E-state index is 11.6. The van der Waals surface area contributed by atoms with Gasteiger partial charge in [-0.3, -0.25) is 4.90 Å². The standard InChI is InChI=1S/C39H36Cl2N2O3.ClH/c1-2-17-43-18-16-38-34-24-14-15-32(44)35(34)46-39(38,21-25-8-3-5-12-30(25)41)36-29(28-11-4-6-13-31(28)42-36)22-37(38,33(43)19-24)26-9-7-10-27(20-26)45-23-40;/h2-15,20,24,33-34,42,44H,1,16-19,21-23H2;1H/t24?,33?,34?,37-,38-,39+;/m1./s1. The number of ether oxygens (including phenoxy) is 2. The van der Waals surface area contributed by atoms with Gasteiger partial charge in [-0.05, 0) is 78.8 Å². The van der Waals surface area contributed by atoms with Crippen LogP contribution in [0, 0.1) is 17.3 Å². The lowest BCUT2D eigenvalue weighted by Gasteiger charge is -2.71. The lowest BCUT2D eigenvalue weighted by molar-refractivity contribution is -0.195. The average molecular weight is 688 g/mol. The third kappa shape index (κ3) is 3.89. The topological polar surface area (TPSA) is 57.7 Å².